The summed E-state index contributed by atoms with van der Waals surface area (Å²) in [6.07, 6.45) is -1.46. The number of hydrogen-bond donors (Lipinski definition) is 1. The highest BCUT2D eigenvalue weighted by Crippen LogP contribution is 2.04. The van der Waals surface area contributed by atoms with E-state index in [1.807, 2.05) is 0 Å². The minimum Gasteiger partial charge on any atom is -0.546 e. The van der Waals surface area contributed by atoms with E-state index < -0.39 is 24.0 Å². The van der Waals surface area contributed by atoms with Crippen molar-refractivity contribution in [2.24, 2.45) is 0 Å². The summed E-state index contributed by atoms with van der Waals surface area (Å²) >= 11 is 0. The van der Waals surface area contributed by atoms with Gasteiger partial charge in [-0.1, -0.05) is 0 Å². The maximum atomic E-state index is 11.3. The van der Waals surface area contributed by atoms with Gasteiger partial charge in [0.2, 0.25) is 0 Å². The van der Waals surface area contributed by atoms with Gasteiger partial charge in [-0.15, -0.1) is 0 Å². The van der Waals surface area contributed by atoms with Gasteiger partial charge in [0.1, 0.15) is 6.54 Å². The third-order valence-electron chi connectivity index (χ3n) is 2.02. The third-order valence-corrected chi connectivity index (χ3v) is 2.02. The second-order valence-electron chi connectivity index (χ2n) is 5.02. The van der Waals surface area contributed by atoms with Gasteiger partial charge in [0.05, 0.1) is 27.1 Å². The molecule has 0 fully saturated rings. The largest absolute Gasteiger partial charge is 0.546 e. The Kier molecular flexibility index (Phi) is 6.32. The van der Waals surface area contributed by atoms with Gasteiger partial charge < -0.3 is 24.2 Å². The molecule has 1 N–H and O–H groups in total. The van der Waals surface area contributed by atoms with Crippen LogP contribution in [0.25, 0.3) is 0 Å². The number of carbonyl (C=O) groups excluding carboxylic acids is 2. The van der Waals surface area contributed by atoms with Crippen LogP contribution in [0.4, 0.5) is 0 Å². The number of esters is 1. The molecule has 104 valence electrons. The Morgan fingerprint density at radius 1 is 1.22 bits per heavy atom. The summed E-state index contributed by atoms with van der Waals surface area (Å²) < 4.78 is 5.07. The zero-order valence-electron chi connectivity index (χ0n) is 10.8. The Morgan fingerprint density at radius 2 is 1.78 bits per heavy atom. The lowest BCUT2D eigenvalue weighted by atomic mass is 10.2. The molecule has 0 amide bonds. The number of likely N-dealkylation sites (N-methyl/N-ethyl adjacent to an activating group) is 1. The van der Waals surface area contributed by atoms with Gasteiger partial charge in [0.15, 0.2) is 6.10 Å². The zero-order chi connectivity index (χ0) is 14.3. The van der Waals surface area contributed by atoms with Crippen LogP contribution in [0.1, 0.15) is 19.3 Å². The topological polar surface area (TPSA) is 104 Å². The highest BCUT2D eigenvalue weighted by molar-refractivity contribution is 5.77. The van der Waals surface area contributed by atoms with E-state index in [1.165, 1.54) is 0 Å². The molecule has 7 nitrogen and oxygen atoms in total. The Morgan fingerprint density at radius 3 is 2.17 bits per heavy atom. The van der Waals surface area contributed by atoms with Crippen molar-refractivity contribution in [2.45, 2.75) is 25.4 Å². The molecule has 7 heteroatoms. The number of carbonyl (C=O) groups is 3. The molecule has 0 rings (SSSR count). The number of nitrogens with zero attached hydrogens (tertiary/aromatic N) is 1. The molecule has 0 aromatic rings. The van der Waals surface area contributed by atoms with Crippen molar-refractivity contribution in [3.05, 3.63) is 0 Å². The first-order valence-corrected chi connectivity index (χ1v) is 5.54. The fraction of sp³-hybridized carbons (Fsp3) is 0.727. The molecule has 0 aliphatic carbocycles. The third kappa shape index (κ3) is 8.51. The molecule has 0 bridgehead atoms. The smallest absolute Gasteiger partial charge is 0.306 e. The minimum absolute atomic E-state index is 0.0903. The van der Waals surface area contributed by atoms with Crippen molar-refractivity contribution in [1.82, 2.24) is 0 Å². The summed E-state index contributed by atoms with van der Waals surface area (Å²) in [5.41, 5.74) is 0. The maximum Gasteiger partial charge on any atom is 0.306 e. The van der Waals surface area contributed by atoms with Crippen LogP contribution in [0, 0.1) is 0 Å². The van der Waals surface area contributed by atoms with E-state index in [9.17, 15) is 19.5 Å². The second kappa shape index (κ2) is 6.95. The van der Waals surface area contributed by atoms with Gasteiger partial charge in [0.25, 0.3) is 0 Å². The molecule has 1 atom stereocenters. The monoisotopic (exact) mass is 261 g/mol. The van der Waals surface area contributed by atoms with Crippen molar-refractivity contribution in [3.8, 4) is 0 Å². The fourth-order valence-electron chi connectivity index (χ4n) is 1.26. The number of aliphatic carboxylic acids is 2. The molecule has 0 radical (unpaired) electrons. The molecule has 0 saturated carbocycles. The van der Waals surface area contributed by atoms with Crippen LogP contribution in [-0.2, 0) is 19.1 Å². The standard InChI is InChI=1S/C11H19NO6/c1-12(2,3)7-8(11(16)17)18-10(15)6-4-5-9(13)14/h8H,4-7H2,1-3H3,(H-,13,14,16,17). The van der Waals surface area contributed by atoms with E-state index in [2.05, 4.69) is 0 Å². The van der Waals surface area contributed by atoms with Crippen LogP contribution >= 0.6 is 0 Å². The zero-order valence-corrected chi connectivity index (χ0v) is 10.8. The molecular formula is C11H19NO6. The molecule has 0 saturated heterocycles. The van der Waals surface area contributed by atoms with Gasteiger partial charge in [0, 0.05) is 12.8 Å². The van der Waals surface area contributed by atoms with Crippen molar-refractivity contribution < 1.29 is 33.8 Å². The molecule has 1 unspecified atom stereocenters. The van der Waals surface area contributed by atoms with Crippen molar-refractivity contribution in [3.63, 3.8) is 0 Å². The summed E-state index contributed by atoms with van der Waals surface area (Å²) in [4.78, 5) is 32.4. The number of ether oxygens (including phenoxy) is 1. The molecule has 0 heterocycles. The Hall–Kier alpha value is -1.63. The Bertz CT molecular complexity index is 320. The van der Waals surface area contributed by atoms with Gasteiger partial charge in [-0.05, 0) is 6.42 Å². The van der Waals surface area contributed by atoms with Crippen molar-refractivity contribution >= 4 is 17.9 Å². The van der Waals surface area contributed by atoms with Crippen LogP contribution in [0.5, 0.6) is 0 Å². The fourth-order valence-corrected chi connectivity index (χ4v) is 1.26. The van der Waals surface area contributed by atoms with Crippen LogP contribution in [0.3, 0.4) is 0 Å². The molecule has 0 aliphatic heterocycles. The van der Waals surface area contributed by atoms with E-state index in [0.29, 0.717) is 4.48 Å². The number of rotatable bonds is 8. The SMILES string of the molecule is C[N+](C)(C)CC(OC(=O)CCCC(=O)O)C(=O)[O-]. The number of carboxylic acids is 2. The van der Waals surface area contributed by atoms with Gasteiger partial charge in [-0.2, -0.15) is 0 Å². The first-order chi connectivity index (χ1) is 8.11. The second-order valence-corrected chi connectivity index (χ2v) is 5.02. The summed E-state index contributed by atoms with van der Waals surface area (Å²) in [5, 5.41) is 19.2. The van der Waals surface area contributed by atoms with Crippen LogP contribution in [0.15, 0.2) is 0 Å². The Balaban J connectivity index is 4.21. The maximum absolute atomic E-state index is 11.3. The molecule has 0 aliphatic rings. The van der Waals surface area contributed by atoms with E-state index in [1.54, 1.807) is 21.1 Å². The average molecular weight is 261 g/mol. The minimum atomic E-state index is -1.45. The first kappa shape index (κ1) is 16.4. The quantitative estimate of drug-likeness (QED) is 0.426. The summed E-state index contributed by atoms with van der Waals surface area (Å²) in [5.74, 6) is -3.18. The van der Waals surface area contributed by atoms with Crippen molar-refractivity contribution in [2.75, 3.05) is 27.7 Å². The molecule has 0 aromatic heterocycles. The van der Waals surface area contributed by atoms with Crippen LogP contribution < -0.4 is 5.11 Å². The lowest BCUT2D eigenvalue weighted by molar-refractivity contribution is -0.872. The summed E-state index contributed by atoms with van der Waals surface area (Å²) in [6.45, 7) is 0.0903. The highest BCUT2D eigenvalue weighted by atomic mass is 16.6. The van der Waals surface area contributed by atoms with Crippen LogP contribution in [-0.4, -0.2) is 61.3 Å². The molecule has 0 spiro atoms. The first-order valence-electron chi connectivity index (χ1n) is 5.54. The predicted molar refractivity (Wildman–Crippen MR) is 59.3 cm³/mol. The van der Waals surface area contributed by atoms with E-state index in [4.69, 9.17) is 9.84 Å². The lowest BCUT2D eigenvalue weighted by Gasteiger charge is -2.29. The number of hydrogen-bond acceptors (Lipinski definition) is 5. The van der Waals surface area contributed by atoms with Gasteiger partial charge in [-0.3, -0.25) is 9.59 Å². The molecule has 0 aromatic carbocycles. The lowest BCUT2D eigenvalue weighted by Crippen LogP contribution is -2.50. The highest BCUT2D eigenvalue weighted by Gasteiger charge is 2.23. The van der Waals surface area contributed by atoms with Crippen LogP contribution in [0.2, 0.25) is 0 Å². The summed E-state index contributed by atoms with van der Waals surface area (Å²) in [6, 6.07) is 0. The van der Waals surface area contributed by atoms with E-state index in [0.717, 1.165) is 0 Å². The predicted octanol–water partition coefficient (Wildman–Crippen LogP) is -1.39. The number of quaternary nitrogens is 1. The number of carboxylic acid groups (broad SMARTS) is 2. The van der Waals surface area contributed by atoms with Crippen molar-refractivity contribution in [1.29, 1.82) is 0 Å². The van der Waals surface area contributed by atoms with E-state index >= 15 is 0 Å². The Labute approximate surface area is 106 Å². The van der Waals surface area contributed by atoms with Gasteiger partial charge >= 0.3 is 11.9 Å². The van der Waals surface area contributed by atoms with E-state index in [-0.39, 0.29) is 25.8 Å². The average Bonchev–Trinajstić information content (AvgIpc) is 2.13. The summed E-state index contributed by atoms with van der Waals surface area (Å²) in [7, 11) is 5.27. The molecular weight excluding hydrogens is 242 g/mol. The normalized spacial score (nSPS) is 12.8. The van der Waals surface area contributed by atoms with Gasteiger partial charge in [-0.25, -0.2) is 0 Å². The molecule has 18 heavy (non-hydrogen) atoms.